The van der Waals surface area contributed by atoms with Crippen LogP contribution in [-0.2, 0) is 0 Å². The molecule has 0 heterocycles. The highest BCUT2D eigenvalue weighted by Gasteiger charge is 2.11. The molecule has 21 heavy (non-hydrogen) atoms. The van der Waals surface area contributed by atoms with Crippen molar-refractivity contribution in [2.45, 2.75) is 6.92 Å². The normalized spacial score (nSPS) is 10.8. The molecule has 0 saturated carbocycles. The van der Waals surface area contributed by atoms with Gasteiger partial charge in [-0.05, 0) is 30.7 Å². The second-order valence-electron chi connectivity index (χ2n) is 4.13. The van der Waals surface area contributed by atoms with E-state index in [-0.39, 0.29) is 10.7 Å². The van der Waals surface area contributed by atoms with Crippen molar-refractivity contribution in [1.29, 1.82) is 0 Å². The maximum absolute atomic E-state index is 10.8. The van der Waals surface area contributed by atoms with Gasteiger partial charge in [0.05, 0.1) is 11.5 Å². The quantitative estimate of drug-likeness (QED) is 0.467. The van der Waals surface area contributed by atoms with Crippen molar-refractivity contribution in [3.05, 3.63) is 63.2 Å². The van der Waals surface area contributed by atoms with Crippen LogP contribution in [0.4, 0.5) is 11.4 Å². The van der Waals surface area contributed by atoms with E-state index in [1.807, 2.05) is 31.2 Å². The molecule has 2 rings (SSSR count). The van der Waals surface area contributed by atoms with Crippen LogP contribution in [0.2, 0.25) is 5.02 Å². The van der Waals surface area contributed by atoms with E-state index in [0.717, 1.165) is 0 Å². The average Bonchev–Trinajstić information content (AvgIpc) is 2.47. The second-order valence-corrected chi connectivity index (χ2v) is 4.53. The monoisotopic (exact) mass is 304 g/mol. The summed E-state index contributed by atoms with van der Waals surface area (Å²) in [4.78, 5) is 14.6. The van der Waals surface area contributed by atoms with Crippen molar-refractivity contribution < 1.29 is 9.66 Å². The molecule has 6 heteroatoms. The van der Waals surface area contributed by atoms with Crippen molar-refractivity contribution in [1.82, 2.24) is 0 Å². The molecule has 0 unspecified atom stereocenters. The summed E-state index contributed by atoms with van der Waals surface area (Å²) in [5.74, 6) is 0.666. The van der Waals surface area contributed by atoms with Gasteiger partial charge in [-0.1, -0.05) is 29.8 Å². The Morgan fingerprint density at radius 2 is 2.10 bits per heavy atom. The highest BCUT2D eigenvalue weighted by molar-refractivity contribution is 6.32. The Kier molecular flexibility index (Phi) is 4.90. The lowest BCUT2D eigenvalue weighted by Crippen LogP contribution is -1.92. The SMILES string of the molecule is CCOc1ccccc1N=Cc1ccc(Cl)c([N+](=O)[O-])c1. The van der Waals surface area contributed by atoms with E-state index in [9.17, 15) is 10.1 Å². The summed E-state index contributed by atoms with van der Waals surface area (Å²) in [6, 6.07) is 11.9. The predicted molar refractivity (Wildman–Crippen MR) is 83.0 cm³/mol. The first-order valence-corrected chi connectivity index (χ1v) is 6.69. The number of nitro benzene ring substituents is 1. The number of hydrogen-bond donors (Lipinski definition) is 0. The maximum Gasteiger partial charge on any atom is 0.288 e. The minimum absolute atomic E-state index is 0.104. The summed E-state index contributed by atoms with van der Waals surface area (Å²) in [7, 11) is 0. The number of ether oxygens (including phenoxy) is 1. The van der Waals surface area contributed by atoms with Crippen LogP contribution >= 0.6 is 11.6 Å². The number of aliphatic imine (C=N–C) groups is 1. The molecule has 0 spiro atoms. The lowest BCUT2D eigenvalue weighted by molar-refractivity contribution is -0.384. The van der Waals surface area contributed by atoms with Crippen LogP contribution in [0.15, 0.2) is 47.5 Å². The third-order valence-electron chi connectivity index (χ3n) is 2.68. The molecule has 2 aromatic carbocycles. The van der Waals surface area contributed by atoms with Crippen LogP contribution in [0.1, 0.15) is 12.5 Å². The summed E-state index contributed by atoms with van der Waals surface area (Å²) in [6.07, 6.45) is 1.54. The zero-order valence-corrected chi connectivity index (χ0v) is 12.1. The van der Waals surface area contributed by atoms with Gasteiger partial charge in [0.25, 0.3) is 5.69 Å². The van der Waals surface area contributed by atoms with E-state index in [1.54, 1.807) is 12.3 Å². The van der Waals surface area contributed by atoms with Crippen LogP contribution < -0.4 is 4.74 Å². The predicted octanol–water partition coefficient (Wildman–Crippen LogP) is 4.40. The highest BCUT2D eigenvalue weighted by Crippen LogP contribution is 2.28. The van der Waals surface area contributed by atoms with Gasteiger partial charge in [0.1, 0.15) is 16.5 Å². The van der Waals surface area contributed by atoms with E-state index in [2.05, 4.69) is 4.99 Å². The Bertz CT molecular complexity index is 686. The van der Waals surface area contributed by atoms with Gasteiger partial charge in [-0.25, -0.2) is 0 Å². The molecule has 0 radical (unpaired) electrons. The zero-order chi connectivity index (χ0) is 15.2. The Morgan fingerprint density at radius 3 is 2.81 bits per heavy atom. The summed E-state index contributed by atoms with van der Waals surface area (Å²) >= 11 is 5.77. The summed E-state index contributed by atoms with van der Waals surface area (Å²) in [5, 5.41) is 10.9. The van der Waals surface area contributed by atoms with Crippen molar-refractivity contribution in [2.24, 2.45) is 4.99 Å². The second kappa shape index (κ2) is 6.85. The van der Waals surface area contributed by atoms with Gasteiger partial charge in [0, 0.05) is 12.3 Å². The first-order valence-electron chi connectivity index (χ1n) is 6.31. The van der Waals surface area contributed by atoms with E-state index in [4.69, 9.17) is 16.3 Å². The Morgan fingerprint density at radius 1 is 1.33 bits per heavy atom. The summed E-state index contributed by atoms with van der Waals surface area (Å²) < 4.78 is 5.46. The fourth-order valence-electron chi connectivity index (χ4n) is 1.74. The van der Waals surface area contributed by atoms with E-state index in [0.29, 0.717) is 23.6 Å². The summed E-state index contributed by atoms with van der Waals surface area (Å²) in [6.45, 7) is 2.43. The molecule has 0 fully saturated rings. The molecular formula is C15H13ClN2O3. The van der Waals surface area contributed by atoms with Gasteiger partial charge >= 0.3 is 0 Å². The smallest absolute Gasteiger partial charge is 0.288 e. The van der Waals surface area contributed by atoms with E-state index >= 15 is 0 Å². The van der Waals surface area contributed by atoms with E-state index in [1.165, 1.54) is 12.1 Å². The van der Waals surface area contributed by atoms with Crippen molar-refractivity contribution in [3.8, 4) is 5.75 Å². The minimum Gasteiger partial charge on any atom is -0.492 e. The number of rotatable bonds is 5. The molecule has 0 aliphatic heterocycles. The molecule has 0 aromatic heterocycles. The molecule has 0 atom stereocenters. The number of nitrogens with zero attached hydrogens (tertiary/aromatic N) is 2. The highest BCUT2D eigenvalue weighted by atomic mass is 35.5. The largest absolute Gasteiger partial charge is 0.492 e. The van der Waals surface area contributed by atoms with Crippen LogP contribution in [0, 0.1) is 10.1 Å². The summed E-state index contributed by atoms with van der Waals surface area (Å²) in [5.41, 5.74) is 1.12. The Balaban J connectivity index is 2.30. The van der Waals surface area contributed by atoms with Crippen LogP contribution in [0.5, 0.6) is 5.75 Å². The lowest BCUT2D eigenvalue weighted by Gasteiger charge is -2.05. The molecule has 5 nitrogen and oxygen atoms in total. The average molecular weight is 305 g/mol. The fraction of sp³-hybridized carbons (Fsp3) is 0.133. The third kappa shape index (κ3) is 3.79. The van der Waals surface area contributed by atoms with Gasteiger partial charge in [-0.15, -0.1) is 0 Å². The molecule has 2 aromatic rings. The molecule has 0 aliphatic carbocycles. The van der Waals surface area contributed by atoms with Gasteiger partial charge in [0.2, 0.25) is 0 Å². The number of benzene rings is 2. The molecule has 0 bridgehead atoms. The first kappa shape index (κ1) is 15.0. The van der Waals surface area contributed by atoms with Gasteiger partial charge in [-0.3, -0.25) is 15.1 Å². The first-order chi connectivity index (χ1) is 10.1. The number of nitro groups is 1. The fourth-order valence-corrected chi connectivity index (χ4v) is 1.92. The van der Waals surface area contributed by atoms with Gasteiger partial charge in [-0.2, -0.15) is 0 Å². The minimum atomic E-state index is -0.520. The maximum atomic E-state index is 10.8. The number of halogens is 1. The van der Waals surface area contributed by atoms with Gasteiger partial charge < -0.3 is 4.74 Å². The molecule has 0 N–H and O–H groups in total. The van der Waals surface area contributed by atoms with Crippen molar-refractivity contribution >= 4 is 29.2 Å². The molecule has 0 saturated heterocycles. The number of para-hydroxylation sites is 2. The third-order valence-corrected chi connectivity index (χ3v) is 3.00. The molecule has 0 aliphatic rings. The van der Waals surface area contributed by atoms with Crippen molar-refractivity contribution in [3.63, 3.8) is 0 Å². The molecule has 0 amide bonds. The Hall–Kier alpha value is -2.40. The lowest BCUT2D eigenvalue weighted by atomic mass is 10.2. The van der Waals surface area contributed by atoms with Gasteiger partial charge in [0.15, 0.2) is 0 Å². The number of hydrogen-bond acceptors (Lipinski definition) is 4. The van der Waals surface area contributed by atoms with Crippen LogP contribution in [0.3, 0.4) is 0 Å². The topological polar surface area (TPSA) is 64.7 Å². The van der Waals surface area contributed by atoms with Crippen LogP contribution in [0.25, 0.3) is 0 Å². The molecule has 108 valence electrons. The van der Waals surface area contributed by atoms with Crippen molar-refractivity contribution in [2.75, 3.05) is 6.61 Å². The standard InChI is InChI=1S/C15H13ClN2O3/c1-2-21-15-6-4-3-5-13(15)17-10-11-7-8-12(16)14(9-11)18(19)20/h3-10H,2H2,1H3. The molecular weight excluding hydrogens is 292 g/mol. The van der Waals surface area contributed by atoms with E-state index < -0.39 is 4.92 Å². The van der Waals surface area contributed by atoms with Crippen LogP contribution in [-0.4, -0.2) is 17.7 Å². The Labute approximate surface area is 127 Å². The zero-order valence-electron chi connectivity index (χ0n) is 11.3.